The number of benzene rings is 1. The standard InChI is InChI=1S/C18H20N4O2.CH2O2/c1-3-11-6-12(23)4-5-13(11)15-7-16-14(8-19-21-16)17(20-15)22-9-18(2,24)10-22;2-1-3/h4-8,23-24H,3,9-10H2,1-2H3,(H,19,21);1H,(H,2,3). The molecule has 2 aromatic heterocycles. The molecule has 0 radical (unpaired) electrons. The summed E-state index contributed by atoms with van der Waals surface area (Å²) in [5.41, 5.74) is 3.13. The lowest BCUT2D eigenvalue weighted by Crippen LogP contribution is -2.60. The van der Waals surface area contributed by atoms with Gasteiger partial charge in [-0.2, -0.15) is 5.10 Å². The topological polar surface area (TPSA) is 123 Å². The summed E-state index contributed by atoms with van der Waals surface area (Å²) in [6.45, 7) is 4.75. The number of aromatic amines is 1. The Hall–Kier alpha value is -3.13. The predicted molar refractivity (Wildman–Crippen MR) is 102 cm³/mol. The van der Waals surface area contributed by atoms with E-state index in [4.69, 9.17) is 14.9 Å². The summed E-state index contributed by atoms with van der Waals surface area (Å²) >= 11 is 0. The van der Waals surface area contributed by atoms with E-state index in [1.54, 1.807) is 18.3 Å². The highest BCUT2D eigenvalue weighted by Gasteiger charge is 2.38. The molecule has 0 spiro atoms. The molecule has 4 rings (SSSR count). The summed E-state index contributed by atoms with van der Waals surface area (Å²) < 4.78 is 0. The minimum Gasteiger partial charge on any atom is -0.508 e. The fourth-order valence-corrected chi connectivity index (χ4v) is 3.36. The summed E-state index contributed by atoms with van der Waals surface area (Å²) in [7, 11) is 0. The third kappa shape index (κ3) is 3.70. The zero-order chi connectivity index (χ0) is 19.6. The molecule has 27 heavy (non-hydrogen) atoms. The molecule has 0 bridgehead atoms. The normalized spacial score (nSPS) is 15.0. The Bertz CT molecular complexity index is 959. The van der Waals surface area contributed by atoms with Crippen LogP contribution < -0.4 is 4.90 Å². The van der Waals surface area contributed by atoms with E-state index in [2.05, 4.69) is 22.0 Å². The van der Waals surface area contributed by atoms with E-state index >= 15 is 0 Å². The van der Waals surface area contributed by atoms with Gasteiger partial charge in [0.05, 0.1) is 28.4 Å². The van der Waals surface area contributed by atoms with Crippen molar-refractivity contribution in [2.24, 2.45) is 0 Å². The molecule has 1 aromatic carbocycles. The van der Waals surface area contributed by atoms with Gasteiger partial charge in [-0.15, -0.1) is 0 Å². The van der Waals surface area contributed by atoms with E-state index in [9.17, 15) is 10.2 Å². The molecule has 0 aliphatic carbocycles. The lowest BCUT2D eigenvalue weighted by atomic mass is 9.96. The van der Waals surface area contributed by atoms with Gasteiger partial charge >= 0.3 is 0 Å². The number of carbonyl (C=O) groups is 1. The highest BCUT2D eigenvalue weighted by atomic mass is 16.3. The number of aromatic nitrogens is 3. The Kier molecular flexibility index (Phi) is 5.00. The van der Waals surface area contributed by atoms with Crippen molar-refractivity contribution >= 4 is 23.2 Å². The number of hydrogen-bond acceptors (Lipinski definition) is 6. The SMILES string of the molecule is CCc1cc(O)ccc1-c1cc2[nH]ncc2c(N2CC(C)(O)C2)n1.O=CO. The first-order chi connectivity index (χ1) is 12.9. The lowest BCUT2D eigenvalue weighted by Gasteiger charge is -2.45. The van der Waals surface area contributed by atoms with Crippen molar-refractivity contribution in [3.63, 3.8) is 0 Å². The van der Waals surface area contributed by atoms with Crippen LogP contribution in [0.1, 0.15) is 19.4 Å². The van der Waals surface area contributed by atoms with Gasteiger partial charge < -0.3 is 20.2 Å². The number of aryl methyl sites for hydroxylation is 1. The summed E-state index contributed by atoms with van der Waals surface area (Å²) in [5, 5.41) is 34.8. The first kappa shape index (κ1) is 18.7. The van der Waals surface area contributed by atoms with Crippen LogP contribution in [0.25, 0.3) is 22.2 Å². The second-order valence-corrected chi connectivity index (χ2v) is 6.82. The Balaban J connectivity index is 0.000000659. The fourth-order valence-electron chi connectivity index (χ4n) is 3.36. The molecule has 0 atom stereocenters. The Morgan fingerprint density at radius 1 is 1.33 bits per heavy atom. The van der Waals surface area contributed by atoms with Gasteiger partial charge in [0.25, 0.3) is 6.47 Å². The average molecular weight is 370 g/mol. The number of phenolic OH excluding ortho intramolecular Hbond substituents is 1. The minimum atomic E-state index is -0.666. The van der Waals surface area contributed by atoms with Crippen LogP contribution in [0.15, 0.2) is 30.5 Å². The van der Waals surface area contributed by atoms with Gasteiger partial charge in [0, 0.05) is 18.7 Å². The molecule has 1 saturated heterocycles. The molecule has 3 heterocycles. The molecule has 1 aliphatic rings. The Labute approximate surface area is 156 Å². The van der Waals surface area contributed by atoms with Crippen molar-refractivity contribution in [2.75, 3.05) is 18.0 Å². The number of anilines is 1. The lowest BCUT2D eigenvalue weighted by molar-refractivity contribution is -0.122. The average Bonchev–Trinajstić information content (AvgIpc) is 3.08. The summed E-state index contributed by atoms with van der Waals surface area (Å²) in [5.74, 6) is 1.09. The highest BCUT2D eigenvalue weighted by molar-refractivity contribution is 5.92. The molecule has 1 fully saturated rings. The molecular weight excluding hydrogens is 348 g/mol. The molecule has 8 heteroatoms. The summed E-state index contributed by atoms with van der Waals surface area (Å²) in [6.07, 6.45) is 2.58. The number of fused-ring (bicyclic) bond motifs is 1. The predicted octanol–water partition coefficient (Wildman–Crippen LogP) is 2.16. The van der Waals surface area contributed by atoms with E-state index in [1.165, 1.54) is 0 Å². The third-order valence-corrected chi connectivity index (χ3v) is 4.53. The van der Waals surface area contributed by atoms with Gasteiger partial charge in [-0.25, -0.2) is 4.98 Å². The van der Waals surface area contributed by atoms with Gasteiger partial charge in [0.1, 0.15) is 11.6 Å². The van der Waals surface area contributed by atoms with Crippen molar-refractivity contribution in [2.45, 2.75) is 25.9 Å². The van der Waals surface area contributed by atoms with Crippen molar-refractivity contribution in [1.29, 1.82) is 0 Å². The number of rotatable bonds is 3. The fraction of sp³-hybridized carbons (Fsp3) is 0.316. The number of hydrogen-bond donors (Lipinski definition) is 4. The number of aliphatic hydroxyl groups is 1. The van der Waals surface area contributed by atoms with E-state index in [1.807, 2.05) is 19.1 Å². The number of phenols is 1. The van der Waals surface area contributed by atoms with E-state index < -0.39 is 5.60 Å². The van der Waals surface area contributed by atoms with Gasteiger partial charge in [0.15, 0.2) is 0 Å². The van der Waals surface area contributed by atoms with E-state index in [0.717, 1.165) is 40.0 Å². The van der Waals surface area contributed by atoms with Crippen LogP contribution >= 0.6 is 0 Å². The van der Waals surface area contributed by atoms with Crippen LogP contribution in [-0.4, -0.2) is 55.7 Å². The first-order valence-corrected chi connectivity index (χ1v) is 8.60. The number of H-pyrrole nitrogens is 1. The highest BCUT2D eigenvalue weighted by Crippen LogP contribution is 2.35. The number of aromatic hydroxyl groups is 1. The number of nitrogens with zero attached hydrogens (tertiary/aromatic N) is 3. The van der Waals surface area contributed by atoms with Crippen molar-refractivity contribution in [1.82, 2.24) is 15.2 Å². The van der Waals surface area contributed by atoms with E-state index in [0.29, 0.717) is 13.1 Å². The molecule has 0 saturated carbocycles. The monoisotopic (exact) mass is 370 g/mol. The van der Waals surface area contributed by atoms with Crippen LogP contribution in [0.2, 0.25) is 0 Å². The smallest absolute Gasteiger partial charge is 0.290 e. The largest absolute Gasteiger partial charge is 0.508 e. The van der Waals surface area contributed by atoms with Crippen LogP contribution in [0.4, 0.5) is 5.82 Å². The van der Waals surface area contributed by atoms with Gasteiger partial charge in [0.2, 0.25) is 0 Å². The van der Waals surface area contributed by atoms with Crippen LogP contribution in [0, 0.1) is 0 Å². The zero-order valence-electron chi connectivity index (χ0n) is 15.2. The second kappa shape index (κ2) is 7.24. The molecule has 1 aliphatic heterocycles. The Morgan fingerprint density at radius 2 is 2.04 bits per heavy atom. The molecule has 0 unspecified atom stereocenters. The zero-order valence-corrected chi connectivity index (χ0v) is 15.2. The first-order valence-electron chi connectivity index (χ1n) is 8.60. The quantitative estimate of drug-likeness (QED) is 0.521. The minimum absolute atomic E-state index is 0.250. The maximum absolute atomic E-state index is 10.0. The Morgan fingerprint density at radius 3 is 2.67 bits per heavy atom. The summed E-state index contributed by atoms with van der Waals surface area (Å²) in [4.78, 5) is 15.3. The molecule has 8 nitrogen and oxygen atoms in total. The maximum Gasteiger partial charge on any atom is 0.290 e. The van der Waals surface area contributed by atoms with Gasteiger partial charge in [-0.3, -0.25) is 9.89 Å². The summed E-state index contributed by atoms with van der Waals surface area (Å²) in [6, 6.07) is 7.34. The van der Waals surface area contributed by atoms with Crippen LogP contribution in [0.3, 0.4) is 0 Å². The second-order valence-electron chi connectivity index (χ2n) is 6.82. The number of carboxylic acid groups (broad SMARTS) is 1. The number of nitrogens with one attached hydrogen (secondary N) is 1. The van der Waals surface area contributed by atoms with Crippen molar-refractivity contribution < 1.29 is 20.1 Å². The molecule has 0 amide bonds. The van der Waals surface area contributed by atoms with Crippen LogP contribution in [-0.2, 0) is 11.2 Å². The van der Waals surface area contributed by atoms with Gasteiger partial charge in [-0.05, 0) is 43.2 Å². The molecule has 142 valence electrons. The van der Waals surface area contributed by atoms with Crippen molar-refractivity contribution in [3.05, 3.63) is 36.0 Å². The molecular formula is C19H22N4O4. The number of pyridine rings is 1. The van der Waals surface area contributed by atoms with Crippen LogP contribution in [0.5, 0.6) is 5.75 Å². The van der Waals surface area contributed by atoms with Gasteiger partial charge in [-0.1, -0.05) is 6.92 Å². The number of β-amino-alcohol motifs (C(OH)–C–C–N with tert-alkyl or cyclic N) is 1. The third-order valence-electron chi connectivity index (χ3n) is 4.53. The maximum atomic E-state index is 10.0. The molecule has 3 aromatic rings. The van der Waals surface area contributed by atoms with E-state index in [-0.39, 0.29) is 12.2 Å². The van der Waals surface area contributed by atoms with Crippen molar-refractivity contribution in [3.8, 4) is 17.0 Å². The molecule has 4 N–H and O–H groups in total.